The number of rotatable bonds is 5. The number of H-pyrrole nitrogens is 1. The van der Waals surface area contributed by atoms with Gasteiger partial charge in [0.1, 0.15) is 11.5 Å². The molecule has 0 spiro atoms. The fourth-order valence-electron chi connectivity index (χ4n) is 2.44. The molecule has 0 saturated heterocycles. The SMILES string of the molecule is COc1cc(Br)c(OCC(=O)N=Nc2c(O)[nH]c3ccc(C)cc23)c(Br)c1. The van der Waals surface area contributed by atoms with E-state index in [9.17, 15) is 9.90 Å². The van der Waals surface area contributed by atoms with Crippen LogP contribution in [-0.2, 0) is 4.79 Å². The summed E-state index contributed by atoms with van der Waals surface area (Å²) in [5, 5.41) is 18.2. The van der Waals surface area contributed by atoms with Crippen LogP contribution in [0.4, 0.5) is 5.69 Å². The average Bonchev–Trinajstić information content (AvgIpc) is 2.93. The number of halogens is 2. The molecule has 0 aliphatic carbocycles. The maximum atomic E-state index is 12.0. The van der Waals surface area contributed by atoms with Crippen molar-refractivity contribution in [3.63, 3.8) is 0 Å². The summed E-state index contributed by atoms with van der Waals surface area (Å²) < 4.78 is 11.9. The molecule has 0 fully saturated rings. The van der Waals surface area contributed by atoms with E-state index >= 15 is 0 Å². The zero-order chi connectivity index (χ0) is 19.6. The molecule has 2 aromatic carbocycles. The van der Waals surface area contributed by atoms with Gasteiger partial charge < -0.3 is 19.6 Å². The maximum absolute atomic E-state index is 12.0. The third kappa shape index (κ3) is 4.30. The number of aromatic hydroxyl groups is 1. The number of aromatic amines is 1. The first-order valence-corrected chi connectivity index (χ1v) is 9.39. The number of carbonyl (C=O) groups is 1. The third-order valence-electron chi connectivity index (χ3n) is 3.72. The molecule has 0 bridgehead atoms. The van der Waals surface area contributed by atoms with Crippen LogP contribution in [0.1, 0.15) is 5.56 Å². The third-order valence-corrected chi connectivity index (χ3v) is 4.89. The van der Waals surface area contributed by atoms with E-state index in [1.165, 1.54) is 0 Å². The number of aromatic nitrogens is 1. The highest BCUT2D eigenvalue weighted by atomic mass is 79.9. The number of aryl methyl sites for hydroxylation is 1. The lowest BCUT2D eigenvalue weighted by atomic mass is 10.2. The lowest BCUT2D eigenvalue weighted by Gasteiger charge is -2.10. The minimum absolute atomic E-state index is 0.145. The Morgan fingerprint density at radius 3 is 2.59 bits per heavy atom. The predicted molar refractivity (Wildman–Crippen MR) is 108 cm³/mol. The van der Waals surface area contributed by atoms with E-state index in [-0.39, 0.29) is 18.2 Å². The number of nitrogens with zero attached hydrogens (tertiary/aromatic N) is 2. The molecule has 2 N–H and O–H groups in total. The Morgan fingerprint density at radius 1 is 1.22 bits per heavy atom. The van der Waals surface area contributed by atoms with Gasteiger partial charge in [0.25, 0.3) is 0 Å². The van der Waals surface area contributed by atoms with Gasteiger partial charge in [0.05, 0.1) is 21.6 Å². The van der Waals surface area contributed by atoms with Crippen LogP contribution in [0.2, 0.25) is 0 Å². The zero-order valence-electron chi connectivity index (χ0n) is 14.4. The van der Waals surface area contributed by atoms with Gasteiger partial charge in [-0.1, -0.05) is 11.6 Å². The van der Waals surface area contributed by atoms with E-state index < -0.39 is 5.91 Å². The first-order chi connectivity index (χ1) is 12.9. The highest BCUT2D eigenvalue weighted by molar-refractivity contribution is 9.11. The minimum Gasteiger partial charge on any atom is -0.497 e. The Balaban J connectivity index is 1.74. The van der Waals surface area contributed by atoms with E-state index in [2.05, 4.69) is 47.1 Å². The van der Waals surface area contributed by atoms with Crippen molar-refractivity contribution < 1.29 is 19.4 Å². The molecule has 3 aromatic rings. The summed E-state index contributed by atoms with van der Waals surface area (Å²) in [5.74, 6) is 0.349. The number of ether oxygens (including phenoxy) is 2. The number of amides is 1. The zero-order valence-corrected chi connectivity index (χ0v) is 17.6. The topological polar surface area (TPSA) is 96.3 Å². The van der Waals surface area contributed by atoms with Crippen molar-refractivity contribution in [2.45, 2.75) is 6.92 Å². The second-order valence-electron chi connectivity index (χ2n) is 5.67. The fourth-order valence-corrected chi connectivity index (χ4v) is 3.81. The van der Waals surface area contributed by atoms with Crippen molar-refractivity contribution in [2.75, 3.05) is 13.7 Å². The summed E-state index contributed by atoms with van der Waals surface area (Å²) in [5.41, 5.74) is 1.93. The summed E-state index contributed by atoms with van der Waals surface area (Å²) in [6, 6.07) is 9.03. The molecular weight excluding hydrogens is 482 g/mol. The minimum atomic E-state index is -0.592. The largest absolute Gasteiger partial charge is 0.497 e. The van der Waals surface area contributed by atoms with Crippen molar-refractivity contribution in [3.05, 3.63) is 44.8 Å². The molecule has 27 heavy (non-hydrogen) atoms. The van der Waals surface area contributed by atoms with Gasteiger partial charge in [-0.25, -0.2) is 0 Å². The van der Waals surface area contributed by atoms with Gasteiger partial charge in [-0.15, -0.1) is 10.2 Å². The van der Waals surface area contributed by atoms with Crippen LogP contribution in [0, 0.1) is 6.92 Å². The second-order valence-corrected chi connectivity index (χ2v) is 7.38. The van der Waals surface area contributed by atoms with Crippen molar-refractivity contribution in [1.82, 2.24) is 4.98 Å². The van der Waals surface area contributed by atoms with Gasteiger partial charge in [0.2, 0.25) is 5.88 Å². The Labute approximate surface area is 171 Å². The standard InChI is InChI=1S/C18H15Br2N3O4/c1-9-3-4-14-11(5-9)16(18(25)21-14)23-22-15(24)8-27-17-12(19)6-10(26-2)7-13(17)20/h3-7,21,25H,8H2,1-2H3. The van der Waals surface area contributed by atoms with Crippen LogP contribution in [0.5, 0.6) is 17.4 Å². The number of methoxy groups -OCH3 is 1. The van der Waals surface area contributed by atoms with Crippen LogP contribution >= 0.6 is 31.9 Å². The van der Waals surface area contributed by atoms with E-state index in [0.717, 1.165) is 5.56 Å². The number of hydrogen-bond donors (Lipinski definition) is 2. The van der Waals surface area contributed by atoms with Crippen LogP contribution in [0.15, 0.2) is 49.5 Å². The average molecular weight is 497 g/mol. The molecule has 0 radical (unpaired) electrons. The van der Waals surface area contributed by atoms with Crippen LogP contribution in [-0.4, -0.2) is 29.7 Å². The Kier molecular flexibility index (Phi) is 5.81. The molecule has 0 aliphatic rings. The molecule has 0 atom stereocenters. The summed E-state index contributed by atoms with van der Waals surface area (Å²) in [6.07, 6.45) is 0. The first-order valence-electron chi connectivity index (χ1n) is 7.80. The van der Waals surface area contributed by atoms with Gasteiger partial charge in [-0.05, 0) is 63.0 Å². The molecule has 3 rings (SSSR count). The van der Waals surface area contributed by atoms with Crippen molar-refractivity contribution >= 4 is 54.4 Å². The number of azo groups is 1. The lowest BCUT2D eigenvalue weighted by molar-refractivity contribution is -0.120. The predicted octanol–water partition coefficient (Wildman–Crippen LogP) is 5.40. The summed E-state index contributed by atoms with van der Waals surface area (Å²) in [7, 11) is 1.56. The quantitative estimate of drug-likeness (QED) is 0.462. The summed E-state index contributed by atoms with van der Waals surface area (Å²) in [6.45, 7) is 1.61. The molecule has 7 nitrogen and oxygen atoms in total. The summed E-state index contributed by atoms with van der Waals surface area (Å²) in [4.78, 5) is 14.8. The molecule has 0 unspecified atom stereocenters. The highest BCUT2D eigenvalue weighted by Gasteiger charge is 2.13. The summed E-state index contributed by atoms with van der Waals surface area (Å²) >= 11 is 6.73. The number of hydrogen-bond acceptors (Lipinski definition) is 5. The van der Waals surface area contributed by atoms with Gasteiger partial charge in [-0.2, -0.15) is 0 Å². The van der Waals surface area contributed by atoms with E-state index in [1.54, 1.807) is 19.2 Å². The van der Waals surface area contributed by atoms with Crippen LogP contribution < -0.4 is 9.47 Å². The smallest absolute Gasteiger partial charge is 0.302 e. The van der Waals surface area contributed by atoms with Crippen molar-refractivity contribution in [1.29, 1.82) is 0 Å². The number of carbonyl (C=O) groups excluding carboxylic acids is 1. The second kappa shape index (κ2) is 8.10. The van der Waals surface area contributed by atoms with E-state index in [0.29, 0.717) is 31.3 Å². The number of nitrogens with one attached hydrogen (secondary N) is 1. The van der Waals surface area contributed by atoms with E-state index in [4.69, 9.17) is 9.47 Å². The molecule has 1 aromatic heterocycles. The fraction of sp³-hybridized carbons (Fsp3) is 0.167. The molecule has 9 heteroatoms. The van der Waals surface area contributed by atoms with Crippen LogP contribution in [0.3, 0.4) is 0 Å². The molecular formula is C18H15Br2N3O4. The monoisotopic (exact) mass is 495 g/mol. The lowest BCUT2D eigenvalue weighted by Crippen LogP contribution is -2.08. The molecule has 1 heterocycles. The van der Waals surface area contributed by atoms with Gasteiger partial charge in [0, 0.05) is 5.39 Å². The normalized spacial score (nSPS) is 11.3. The highest BCUT2D eigenvalue weighted by Crippen LogP contribution is 2.38. The first kappa shape index (κ1) is 19.4. The van der Waals surface area contributed by atoms with Gasteiger partial charge >= 0.3 is 5.91 Å². The Morgan fingerprint density at radius 2 is 1.93 bits per heavy atom. The van der Waals surface area contributed by atoms with Gasteiger partial charge in [-0.3, -0.25) is 4.79 Å². The van der Waals surface area contributed by atoms with E-state index in [1.807, 2.05) is 25.1 Å². The maximum Gasteiger partial charge on any atom is 0.302 e. The molecule has 0 saturated carbocycles. The molecule has 1 amide bonds. The van der Waals surface area contributed by atoms with Crippen molar-refractivity contribution in [3.8, 4) is 17.4 Å². The van der Waals surface area contributed by atoms with Crippen LogP contribution in [0.25, 0.3) is 10.9 Å². The van der Waals surface area contributed by atoms with Gasteiger partial charge in [0.15, 0.2) is 12.3 Å². The molecule has 0 aliphatic heterocycles. The number of fused-ring (bicyclic) bond motifs is 1. The molecule has 140 valence electrons. The Bertz CT molecular complexity index is 1020. The Hall–Kier alpha value is -2.39. The number of benzene rings is 2. The van der Waals surface area contributed by atoms with Crippen molar-refractivity contribution in [2.24, 2.45) is 10.2 Å².